The predicted molar refractivity (Wildman–Crippen MR) is 103 cm³/mol. The van der Waals surface area contributed by atoms with E-state index in [0.717, 1.165) is 57.2 Å². The van der Waals surface area contributed by atoms with E-state index >= 15 is 0 Å². The third-order valence-corrected chi connectivity index (χ3v) is 5.61. The highest BCUT2D eigenvalue weighted by atomic mass is 16.5. The van der Waals surface area contributed by atoms with E-state index in [2.05, 4.69) is 17.6 Å². The van der Waals surface area contributed by atoms with Crippen LogP contribution in [0.1, 0.15) is 39.0 Å². The number of piperidine rings is 1. The van der Waals surface area contributed by atoms with Crippen LogP contribution < -0.4 is 15.4 Å². The highest BCUT2D eigenvalue weighted by Crippen LogP contribution is 2.24. The molecule has 0 bridgehead atoms. The standard InChI is InChI=1S/C21H32N2O3/c1-16(18-3-2-10-22-14-18)13-21(24)23-19-4-6-20(7-5-19)26-15-17-8-11-25-12-9-17/h4-7,16-18,22H,2-3,8-15H2,1H3,(H,23,24). The molecule has 2 N–H and O–H groups in total. The average molecular weight is 360 g/mol. The van der Waals surface area contributed by atoms with Crippen LogP contribution in [0.25, 0.3) is 0 Å². The van der Waals surface area contributed by atoms with Crippen molar-refractivity contribution < 1.29 is 14.3 Å². The molecule has 1 aromatic rings. The SMILES string of the molecule is CC(CC(=O)Nc1ccc(OCC2CCOCC2)cc1)C1CCCNC1. The third-order valence-electron chi connectivity index (χ3n) is 5.61. The zero-order chi connectivity index (χ0) is 18.2. The predicted octanol–water partition coefficient (Wildman–Crippen LogP) is 3.46. The molecule has 0 aliphatic carbocycles. The zero-order valence-electron chi connectivity index (χ0n) is 15.8. The Kier molecular flexibility index (Phi) is 7.32. The van der Waals surface area contributed by atoms with Crippen molar-refractivity contribution in [2.75, 3.05) is 38.2 Å². The molecule has 1 aromatic carbocycles. The first-order valence-electron chi connectivity index (χ1n) is 10.0. The Morgan fingerprint density at radius 1 is 1.27 bits per heavy atom. The van der Waals surface area contributed by atoms with E-state index < -0.39 is 0 Å². The molecule has 2 heterocycles. The molecule has 2 fully saturated rings. The van der Waals surface area contributed by atoms with Crippen molar-refractivity contribution in [3.05, 3.63) is 24.3 Å². The lowest BCUT2D eigenvalue weighted by atomic mass is 9.85. The van der Waals surface area contributed by atoms with Crippen molar-refractivity contribution in [1.82, 2.24) is 5.32 Å². The number of benzene rings is 1. The Bertz CT molecular complexity index is 549. The largest absolute Gasteiger partial charge is 0.493 e. The number of rotatable bonds is 7. The second-order valence-corrected chi connectivity index (χ2v) is 7.73. The fourth-order valence-corrected chi connectivity index (χ4v) is 3.80. The molecule has 2 aliphatic rings. The van der Waals surface area contributed by atoms with Gasteiger partial charge in [-0.25, -0.2) is 0 Å². The van der Waals surface area contributed by atoms with Gasteiger partial charge < -0.3 is 20.1 Å². The van der Waals surface area contributed by atoms with Crippen LogP contribution in [-0.4, -0.2) is 38.8 Å². The molecular weight excluding hydrogens is 328 g/mol. The molecule has 0 radical (unpaired) electrons. The molecule has 1 amide bonds. The molecule has 5 heteroatoms. The van der Waals surface area contributed by atoms with Crippen molar-refractivity contribution >= 4 is 11.6 Å². The molecular formula is C21H32N2O3. The number of hydrogen-bond donors (Lipinski definition) is 2. The van der Waals surface area contributed by atoms with Gasteiger partial charge in [-0.05, 0) is 80.8 Å². The van der Waals surface area contributed by atoms with E-state index in [0.29, 0.717) is 24.2 Å². The van der Waals surface area contributed by atoms with E-state index in [9.17, 15) is 4.79 Å². The van der Waals surface area contributed by atoms with E-state index in [1.807, 2.05) is 24.3 Å². The molecule has 2 unspecified atom stereocenters. The average Bonchev–Trinajstić information content (AvgIpc) is 2.69. The molecule has 3 rings (SSSR count). The number of anilines is 1. The summed E-state index contributed by atoms with van der Waals surface area (Å²) in [6, 6.07) is 7.71. The minimum absolute atomic E-state index is 0.0962. The Balaban J connectivity index is 1.40. The van der Waals surface area contributed by atoms with Crippen LogP contribution >= 0.6 is 0 Å². The van der Waals surface area contributed by atoms with Crippen LogP contribution in [0.15, 0.2) is 24.3 Å². The van der Waals surface area contributed by atoms with Crippen LogP contribution in [0, 0.1) is 17.8 Å². The van der Waals surface area contributed by atoms with Gasteiger partial charge >= 0.3 is 0 Å². The second kappa shape index (κ2) is 9.93. The molecule has 26 heavy (non-hydrogen) atoms. The quantitative estimate of drug-likeness (QED) is 0.782. The van der Waals surface area contributed by atoms with Gasteiger partial charge in [0.05, 0.1) is 6.61 Å². The van der Waals surface area contributed by atoms with Gasteiger partial charge in [-0.3, -0.25) is 4.79 Å². The van der Waals surface area contributed by atoms with E-state index in [1.165, 1.54) is 12.8 Å². The first kappa shape index (κ1) is 19.2. The molecule has 2 atom stereocenters. The van der Waals surface area contributed by atoms with E-state index in [4.69, 9.17) is 9.47 Å². The lowest BCUT2D eigenvalue weighted by Crippen LogP contribution is -2.34. The molecule has 0 saturated carbocycles. The minimum atomic E-state index is 0.0962. The van der Waals surface area contributed by atoms with Crippen molar-refractivity contribution in [2.24, 2.45) is 17.8 Å². The molecule has 2 aliphatic heterocycles. The summed E-state index contributed by atoms with van der Waals surface area (Å²) in [6.07, 6.45) is 5.16. The Morgan fingerprint density at radius 3 is 2.73 bits per heavy atom. The van der Waals surface area contributed by atoms with Gasteiger partial charge in [-0.2, -0.15) is 0 Å². The van der Waals surface area contributed by atoms with Gasteiger partial charge in [0.25, 0.3) is 0 Å². The second-order valence-electron chi connectivity index (χ2n) is 7.73. The van der Waals surface area contributed by atoms with Crippen molar-refractivity contribution in [2.45, 2.75) is 39.0 Å². The van der Waals surface area contributed by atoms with Crippen LogP contribution in [0.2, 0.25) is 0 Å². The maximum Gasteiger partial charge on any atom is 0.224 e. The number of carbonyl (C=O) groups excluding carboxylic acids is 1. The Morgan fingerprint density at radius 2 is 2.04 bits per heavy atom. The Hall–Kier alpha value is -1.59. The molecule has 144 valence electrons. The Labute approximate surface area is 156 Å². The molecule has 2 saturated heterocycles. The normalized spacial score (nSPS) is 22.6. The smallest absolute Gasteiger partial charge is 0.224 e. The highest BCUT2D eigenvalue weighted by molar-refractivity contribution is 5.90. The van der Waals surface area contributed by atoms with E-state index in [1.54, 1.807) is 0 Å². The molecule has 0 spiro atoms. The fourth-order valence-electron chi connectivity index (χ4n) is 3.80. The number of hydrogen-bond acceptors (Lipinski definition) is 4. The minimum Gasteiger partial charge on any atom is -0.493 e. The zero-order valence-corrected chi connectivity index (χ0v) is 15.8. The van der Waals surface area contributed by atoms with Gasteiger partial charge in [-0.15, -0.1) is 0 Å². The maximum absolute atomic E-state index is 12.3. The van der Waals surface area contributed by atoms with Gasteiger partial charge in [-0.1, -0.05) is 6.92 Å². The summed E-state index contributed by atoms with van der Waals surface area (Å²) < 4.78 is 11.2. The summed E-state index contributed by atoms with van der Waals surface area (Å²) in [6.45, 7) is 6.75. The molecule has 0 aromatic heterocycles. The topological polar surface area (TPSA) is 59.6 Å². The van der Waals surface area contributed by atoms with Crippen LogP contribution in [0.5, 0.6) is 5.75 Å². The summed E-state index contributed by atoms with van der Waals surface area (Å²) in [7, 11) is 0. The monoisotopic (exact) mass is 360 g/mol. The van der Waals surface area contributed by atoms with Crippen molar-refractivity contribution in [1.29, 1.82) is 0 Å². The summed E-state index contributed by atoms with van der Waals surface area (Å²) in [5.41, 5.74) is 0.836. The number of carbonyl (C=O) groups is 1. The van der Waals surface area contributed by atoms with Gasteiger partial charge in [0.15, 0.2) is 0 Å². The summed E-state index contributed by atoms with van der Waals surface area (Å²) in [5.74, 6) is 2.55. The number of amides is 1. The van der Waals surface area contributed by atoms with Crippen LogP contribution in [0.4, 0.5) is 5.69 Å². The molecule has 5 nitrogen and oxygen atoms in total. The van der Waals surface area contributed by atoms with Crippen LogP contribution in [-0.2, 0) is 9.53 Å². The van der Waals surface area contributed by atoms with Gasteiger partial charge in [0.2, 0.25) is 5.91 Å². The summed E-state index contributed by atoms with van der Waals surface area (Å²) in [4.78, 5) is 12.3. The summed E-state index contributed by atoms with van der Waals surface area (Å²) >= 11 is 0. The van der Waals surface area contributed by atoms with E-state index in [-0.39, 0.29) is 5.91 Å². The first-order valence-corrected chi connectivity index (χ1v) is 10.0. The van der Waals surface area contributed by atoms with Crippen molar-refractivity contribution in [3.8, 4) is 5.75 Å². The number of nitrogens with one attached hydrogen (secondary N) is 2. The highest BCUT2D eigenvalue weighted by Gasteiger charge is 2.22. The lowest BCUT2D eigenvalue weighted by Gasteiger charge is -2.28. The first-order chi connectivity index (χ1) is 12.7. The van der Waals surface area contributed by atoms with Gasteiger partial charge in [0, 0.05) is 25.3 Å². The van der Waals surface area contributed by atoms with Crippen LogP contribution in [0.3, 0.4) is 0 Å². The lowest BCUT2D eigenvalue weighted by molar-refractivity contribution is -0.117. The number of ether oxygens (including phenoxy) is 2. The maximum atomic E-state index is 12.3. The third kappa shape index (κ3) is 5.99. The summed E-state index contributed by atoms with van der Waals surface area (Å²) in [5, 5.41) is 6.44. The fraction of sp³-hybridized carbons (Fsp3) is 0.667. The van der Waals surface area contributed by atoms with Gasteiger partial charge in [0.1, 0.15) is 5.75 Å². The van der Waals surface area contributed by atoms with Crippen molar-refractivity contribution in [3.63, 3.8) is 0 Å².